The molecule has 0 bridgehead atoms. The highest BCUT2D eigenvalue weighted by atomic mass is 79.9. The number of pyridine rings is 1. The molecule has 1 heterocycles. The van der Waals surface area contributed by atoms with Crippen LogP contribution in [0.4, 0.5) is 11.5 Å². The molecule has 0 aliphatic carbocycles. The molecule has 0 unspecified atom stereocenters. The fourth-order valence-electron chi connectivity index (χ4n) is 2.20. The second-order valence-corrected chi connectivity index (χ2v) is 5.84. The fourth-order valence-corrected chi connectivity index (χ4v) is 2.41. The summed E-state index contributed by atoms with van der Waals surface area (Å²) >= 11 is 3.46. The third-order valence-electron chi connectivity index (χ3n) is 3.49. The number of ether oxygens (including phenoxy) is 1. The van der Waals surface area contributed by atoms with Crippen molar-refractivity contribution in [1.82, 2.24) is 4.98 Å². The van der Waals surface area contributed by atoms with Gasteiger partial charge < -0.3 is 10.1 Å². The lowest BCUT2D eigenvalue weighted by molar-refractivity contribution is 0.413. The molecule has 0 aliphatic rings. The van der Waals surface area contributed by atoms with Gasteiger partial charge in [0.25, 0.3) is 0 Å². The van der Waals surface area contributed by atoms with Gasteiger partial charge in [0.1, 0.15) is 11.6 Å². The molecular formula is C16H19BrN2O. The number of benzene rings is 1. The fraction of sp³-hybridized carbons (Fsp3) is 0.312. The van der Waals surface area contributed by atoms with Crippen LogP contribution in [0.25, 0.3) is 0 Å². The number of hydrogen-bond acceptors (Lipinski definition) is 3. The van der Waals surface area contributed by atoms with E-state index in [9.17, 15) is 0 Å². The van der Waals surface area contributed by atoms with Crippen LogP contribution in [0, 0.1) is 27.7 Å². The van der Waals surface area contributed by atoms with Crippen LogP contribution in [0.1, 0.15) is 22.3 Å². The van der Waals surface area contributed by atoms with Crippen molar-refractivity contribution in [3.8, 4) is 5.75 Å². The Morgan fingerprint density at radius 3 is 2.35 bits per heavy atom. The van der Waals surface area contributed by atoms with E-state index in [1.807, 2.05) is 13.0 Å². The predicted octanol–water partition coefficient (Wildman–Crippen LogP) is 4.83. The molecule has 0 radical (unpaired) electrons. The third-order valence-corrected chi connectivity index (χ3v) is 4.32. The maximum Gasteiger partial charge on any atom is 0.145 e. The van der Waals surface area contributed by atoms with E-state index >= 15 is 0 Å². The topological polar surface area (TPSA) is 34.1 Å². The lowest BCUT2D eigenvalue weighted by Crippen LogP contribution is -2.02. The van der Waals surface area contributed by atoms with Gasteiger partial charge >= 0.3 is 0 Å². The average Bonchev–Trinajstić information content (AvgIpc) is 2.40. The molecule has 3 nitrogen and oxygen atoms in total. The van der Waals surface area contributed by atoms with Crippen molar-refractivity contribution in [1.29, 1.82) is 0 Å². The highest BCUT2D eigenvalue weighted by Crippen LogP contribution is 2.36. The number of anilines is 2. The van der Waals surface area contributed by atoms with Gasteiger partial charge in [0.15, 0.2) is 0 Å². The molecule has 0 aliphatic heterocycles. The number of halogens is 1. The molecule has 2 rings (SSSR count). The zero-order valence-electron chi connectivity index (χ0n) is 12.5. The molecular weight excluding hydrogens is 316 g/mol. The molecule has 20 heavy (non-hydrogen) atoms. The van der Waals surface area contributed by atoms with Crippen LogP contribution in [0.5, 0.6) is 5.75 Å². The van der Waals surface area contributed by atoms with Crippen molar-refractivity contribution in [3.05, 3.63) is 45.1 Å². The molecule has 0 saturated heterocycles. The van der Waals surface area contributed by atoms with E-state index in [0.29, 0.717) is 0 Å². The van der Waals surface area contributed by atoms with Crippen LogP contribution in [0.3, 0.4) is 0 Å². The summed E-state index contributed by atoms with van der Waals surface area (Å²) < 4.78 is 6.57. The van der Waals surface area contributed by atoms with Crippen LogP contribution < -0.4 is 10.1 Å². The molecule has 1 aromatic carbocycles. The number of hydrogen-bond donors (Lipinski definition) is 1. The first-order valence-corrected chi connectivity index (χ1v) is 7.27. The van der Waals surface area contributed by atoms with Gasteiger partial charge in [0.05, 0.1) is 12.8 Å². The first-order chi connectivity index (χ1) is 9.43. The van der Waals surface area contributed by atoms with Crippen LogP contribution in [0.15, 0.2) is 22.8 Å². The van der Waals surface area contributed by atoms with Gasteiger partial charge in [-0.05, 0) is 71.9 Å². The van der Waals surface area contributed by atoms with E-state index in [0.717, 1.165) is 38.4 Å². The van der Waals surface area contributed by atoms with Crippen molar-refractivity contribution in [2.75, 3.05) is 12.4 Å². The average molecular weight is 335 g/mol. The summed E-state index contributed by atoms with van der Waals surface area (Å²) in [4.78, 5) is 4.39. The summed E-state index contributed by atoms with van der Waals surface area (Å²) in [6.45, 7) is 8.28. The Morgan fingerprint density at radius 2 is 1.75 bits per heavy atom. The van der Waals surface area contributed by atoms with Gasteiger partial charge in [0.2, 0.25) is 0 Å². The van der Waals surface area contributed by atoms with Crippen LogP contribution in [0.2, 0.25) is 0 Å². The van der Waals surface area contributed by atoms with E-state index in [4.69, 9.17) is 4.74 Å². The molecule has 106 valence electrons. The molecule has 0 fully saturated rings. The van der Waals surface area contributed by atoms with Gasteiger partial charge in [-0.1, -0.05) is 6.07 Å². The van der Waals surface area contributed by atoms with Gasteiger partial charge in [-0.2, -0.15) is 0 Å². The predicted molar refractivity (Wildman–Crippen MR) is 87.2 cm³/mol. The monoisotopic (exact) mass is 334 g/mol. The Morgan fingerprint density at radius 1 is 1.05 bits per heavy atom. The van der Waals surface area contributed by atoms with Crippen LogP contribution in [-0.4, -0.2) is 12.1 Å². The van der Waals surface area contributed by atoms with Gasteiger partial charge in [-0.25, -0.2) is 4.98 Å². The van der Waals surface area contributed by atoms with E-state index in [-0.39, 0.29) is 0 Å². The molecule has 4 heteroatoms. The molecule has 0 saturated carbocycles. The number of aromatic nitrogens is 1. The van der Waals surface area contributed by atoms with Gasteiger partial charge in [-0.3, -0.25) is 0 Å². The first kappa shape index (κ1) is 14.9. The molecule has 1 aromatic heterocycles. The first-order valence-electron chi connectivity index (χ1n) is 6.48. The van der Waals surface area contributed by atoms with Gasteiger partial charge in [-0.15, -0.1) is 0 Å². The maximum absolute atomic E-state index is 5.56. The lowest BCUT2D eigenvalue weighted by atomic mass is 10.0. The SMILES string of the molecule is COc1c(C)c(C)cc(C)c1Nc1cc(C)c(Br)cn1. The zero-order chi connectivity index (χ0) is 14.9. The number of rotatable bonds is 3. The third kappa shape index (κ3) is 2.80. The summed E-state index contributed by atoms with van der Waals surface area (Å²) in [6, 6.07) is 4.17. The standard InChI is InChI=1S/C16H19BrN2O/c1-9-6-11(3)15(16(20-5)12(9)4)19-14-7-10(2)13(17)8-18-14/h6-8H,1-5H3,(H,18,19). The Labute approximate surface area is 128 Å². The second-order valence-electron chi connectivity index (χ2n) is 4.99. The lowest BCUT2D eigenvalue weighted by Gasteiger charge is -2.18. The van der Waals surface area contributed by atoms with Crippen LogP contribution in [-0.2, 0) is 0 Å². The minimum Gasteiger partial charge on any atom is -0.494 e. The Kier molecular flexibility index (Phi) is 4.33. The van der Waals surface area contributed by atoms with E-state index in [2.05, 4.69) is 53.1 Å². The largest absolute Gasteiger partial charge is 0.494 e. The number of nitrogens with one attached hydrogen (secondary N) is 1. The summed E-state index contributed by atoms with van der Waals surface area (Å²) in [5.41, 5.74) is 5.64. The van der Waals surface area contributed by atoms with E-state index in [1.165, 1.54) is 5.56 Å². The minimum absolute atomic E-state index is 0.815. The van der Waals surface area contributed by atoms with E-state index in [1.54, 1.807) is 13.3 Å². The Balaban J connectivity index is 2.47. The van der Waals surface area contributed by atoms with Crippen molar-refractivity contribution in [3.63, 3.8) is 0 Å². The molecule has 2 aromatic rings. The van der Waals surface area contributed by atoms with E-state index < -0.39 is 0 Å². The number of nitrogens with zero attached hydrogens (tertiary/aromatic N) is 1. The highest BCUT2D eigenvalue weighted by Gasteiger charge is 2.13. The molecule has 1 N–H and O–H groups in total. The summed E-state index contributed by atoms with van der Waals surface area (Å²) in [5, 5.41) is 3.37. The smallest absolute Gasteiger partial charge is 0.145 e. The maximum atomic E-state index is 5.56. The Hall–Kier alpha value is -1.55. The Bertz CT molecular complexity index is 653. The van der Waals surface area contributed by atoms with Crippen molar-refractivity contribution >= 4 is 27.4 Å². The summed E-state index contributed by atoms with van der Waals surface area (Å²) in [5.74, 6) is 1.69. The minimum atomic E-state index is 0.815. The van der Waals surface area contributed by atoms with Crippen molar-refractivity contribution in [2.24, 2.45) is 0 Å². The van der Waals surface area contributed by atoms with Gasteiger partial charge in [0, 0.05) is 10.7 Å². The molecule has 0 spiro atoms. The number of aryl methyl sites for hydroxylation is 3. The summed E-state index contributed by atoms with van der Waals surface area (Å²) in [7, 11) is 1.70. The molecule has 0 atom stereocenters. The normalized spacial score (nSPS) is 10.5. The number of methoxy groups -OCH3 is 1. The quantitative estimate of drug-likeness (QED) is 0.872. The van der Waals surface area contributed by atoms with Crippen molar-refractivity contribution < 1.29 is 4.74 Å². The molecule has 0 amide bonds. The van der Waals surface area contributed by atoms with Crippen LogP contribution >= 0.6 is 15.9 Å². The van der Waals surface area contributed by atoms with Crippen molar-refractivity contribution in [2.45, 2.75) is 27.7 Å². The summed E-state index contributed by atoms with van der Waals surface area (Å²) in [6.07, 6.45) is 1.81. The zero-order valence-corrected chi connectivity index (χ0v) is 14.1. The second kappa shape index (κ2) is 5.83. The highest BCUT2D eigenvalue weighted by molar-refractivity contribution is 9.10.